The lowest BCUT2D eigenvalue weighted by atomic mass is 9.84. The van der Waals surface area contributed by atoms with Crippen molar-refractivity contribution in [1.29, 1.82) is 0 Å². The number of hydrogen-bond acceptors (Lipinski definition) is 3. The van der Waals surface area contributed by atoms with Crippen LogP contribution in [0.3, 0.4) is 0 Å². The van der Waals surface area contributed by atoms with Gasteiger partial charge in [-0.25, -0.2) is 0 Å². The van der Waals surface area contributed by atoms with Gasteiger partial charge in [0, 0.05) is 5.75 Å². The molecule has 0 aromatic heterocycles. The average Bonchev–Trinajstić information content (AvgIpc) is 2.68. The molecule has 0 atom stereocenters. The van der Waals surface area contributed by atoms with Crippen LogP contribution < -0.4 is 0 Å². The Kier molecular flexibility index (Phi) is 6.02. The summed E-state index contributed by atoms with van der Waals surface area (Å²) in [6, 6.07) is 31.8. The van der Waals surface area contributed by atoms with E-state index in [2.05, 4.69) is 91.0 Å². The average molecular weight is 353 g/mol. The van der Waals surface area contributed by atoms with Crippen molar-refractivity contribution in [2.75, 3.05) is 12.4 Å². The van der Waals surface area contributed by atoms with Crippen LogP contribution in [0.4, 0.5) is 0 Å². The summed E-state index contributed by atoms with van der Waals surface area (Å²) in [5.74, 6) is 0.707. The highest BCUT2D eigenvalue weighted by Gasteiger charge is 2.37. The van der Waals surface area contributed by atoms with Crippen LogP contribution in [0.25, 0.3) is 0 Å². The molecule has 0 fully saturated rings. The minimum Gasteiger partial charge on any atom is -0.395 e. The van der Waals surface area contributed by atoms with Crippen molar-refractivity contribution in [1.82, 2.24) is 0 Å². The highest BCUT2D eigenvalue weighted by molar-refractivity contribution is 8.77. The maximum Gasteiger partial charge on any atom is 0.101 e. The van der Waals surface area contributed by atoms with Crippen LogP contribution in [0.1, 0.15) is 16.7 Å². The van der Waals surface area contributed by atoms with Gasteiger partial charge in [0.25, 0.3) is 0 Å². The van der Waals surface area contributed by atoms with Crippen molar-refractivity contribution >= 4 is 21.6 Å². The Morgan fingerprint density at radius 3 is 1.33 bits per heavy atom. The van der Waals surface area contributed by atoms with Crippen LogP contribution in [-0.2, 0) is 4.75 Å². The van der Waals surface area contributed by atoms with Crippen LogP contribution in [0.15, 0.2) is 91.0 Å². The normalized spacial score (nSPS) is 11.4. The zero-order chi connectivity index (χ0) is 16.7. The molecule has 0 saturated carbocycles. The Hall–Kier alpha value is -1.68. The molecule has 0 heterocycles. The van der Waals surface area contributed by atoms with Crippen molar-refractivity contribution in [3.63, 3.8) is 0 Å². The fourth-order valence-corrected chi connectivity index (χ4v) is 5.73. The Labute approximate surface area is 151 Å². The molecule has 24 heavy (non-hydrogen) atoms. The summed E-state index contributed by atoms with van der Waals surface area (Å²) in [6.45, 7) is 0.187. The standard InChI is InChI=1S/C21H20OS2/c22-16-17-23-24-21(18-10-4-1-5-11-18,19-12-6-2-7-13-19)20-14-8-3-9-15-20/h1-15,22H,16-17H2. The van der Waals surface area contributed by atoms with E-state index in [4.69, 9.17) is 0 Å². The first-order valence-electron chi connectivity index (χ1n) is 7.96. The maximum absolute atomic E-state index is 9.24. The number of aliphatic hydroxyl groups excluding tert-OH is 1. The monoisotopic (exact) mass is 352 g/mol. The first-order valence-corrected chi connectivity index (χ1v) is 10.3. The van der Waals surface area contributed by atoms with E-state index < -0.39 is 0 Å². The quantitative estimate of drug-likeness (QED) is 0.351. The first kappa shape index (κ1) is 17.2. The van der Waals surface area contributed by atoms with Gasteiger partial charge in [0.1, 0.15) is 4.75 Å². The molecule has 0 aliphatic carbocycles. The molecule has 3 rings (SSSR count). The predicted octanol–water partition coefficient (Wildman–Crippen LogP) is 5.35. The number of rotatable bonds is 7. The second-order valence-corrected chi connectivity index (χ2v) is 8.04. The molecular weight excluding hydrogens is 332 g/mol. The van der Waals surface area contributed by atoms with Gasteiger partial charge in [0.2, 0.25) is 0 Å². The Balaban J connectivity index is 2.20. The van der Waals surface area contributed by atoms with Crippen LogP contribution in [0.2, 0.25) is 0 Å². The minimum atomic E-state index is -0.302. The van der Waals surface area contributed by atoms with Gasteiger partial charge in [-0.15, -0.1) is 0 Å². The summed E-state index contributed by atoms with van der Waals surface area (Å²) < 4.78 is -0.302. The van der Waals surface area contributed by atoms with E-state index in [-0.39, 0.29) is 11.4 Å². The van der Waals surface area contributed by atoms with E-state index >= 15 is 0 Å². The summed E-state index contributed by atoms with van der Waals surface area (Å²) in [7, 11) is 3.52. The van der Waals surface area contributed by atoms with Crippen LogP contribution in [0, 0.1) is 0 Å². The molecule has 0 aliphatic heterocycles. The second-order valence-electron chi connectivity index (χ2n) is 5.41. The van der Waals surface area contributed by atoms with Crippen LogP contribution >= 0.6 is 21.6 Å². The molecular formula is C21H20OS2. The smallest absolute Gasteiger partial charge is 0.101 e. The third kappa shape index (κ3) is 3.54. The van der Waals surface area contributed by atoms with Gasteiger partial charge in [0.05, 0.1) is 6.61 Å². The molecule has 3 aromatic rings. The Bertz CT molecular complexity index is 633. The summed E-state index contributed by atoms with van der Waals surface area (Å²) in [5, 5.41) is 9.24. The van der Waals surface area contributed by atoms with Crippen molar-refractivity contribution in [2.45, 2.75) is 4.75 Å². The fraction of sp³-hybridized carbons (Fsp3) is 0.143. The van der Waals surface area contributed by atoms with Crippen molar-refractivity contribution in [2.24, 2.45) is 0 Å². The minimum absolute atomic E-state index is 0.187. The molecule has 0 saturated heterocycles. The largest absolute Gasteiger partial charge is 0.395 e. The molecule has 0 radical (unpaired) electrons. The molecule has 3 heteroatoms. The summed E-state index contributed by atoms with van der Waals surface area (Å²) >= 11 is 0. The van der Waals surface area contributed by atoms with Gasteiger partial charge in [0.15, 0.2) is 0 Å². The third-order valence-electron chi connectivity index (χ3n) is 3.90. The SMILES string of the molecule is OCCSSC(c1ccccc1)(c1ccccc1)c1ccccc1. The molecule has 0 unspecified atom stereocenters. The van der Waals surface area contributed by atoms with Gasteiger partial charge < -0.3 is 5.11 Å². The molecule has 0 bridgehead atoms. The summed E-state index contributed by atoms with van der Waals surface area (Å²) in [6.07, 6.45) is 0. The fourth-order valence-electron chi connectivity index (χ4n) is 2.83. The number of benzene rings is 3. The van der Waals surface area contributed by atoms with Crippen LogP contribution in [-0.4, -0.2) is 17.5 Å². The lowest BCUT2D eigenvalue weighted by Gasteiger charge is -2.34. The van der Waals surface area contributed by atoms with Gasteiger partial charge in [-0.05, 0) is 16.7 Å². The third-order valence-corrected chi connectivity index (χ3v) is 6.93. The zero-order valence-electron chi connectivity index (χ0n) is 13.3. The Morgan fingerprint density at radius 1 is 0.625 bits per heavy atom. The highest BCUT2D eigenvalue weighted by atomic mass is 33.1. The lowest BCUT2D eigenvalue weighted by Crippen LogP contribution is -2.24. The molecule has 1 nitrogen and oxygen atoms in total. The lowest BCUT2D eigenvalue weighted by molar-refractivity contribution is 0.323. The van der Waals surface area contributed by atoms with Gasteiger partial charge in [-0.3, -0.25) is 0 Å². The molecule has 3 aromatic carbocycles. The van der Waals surface area contributed by atoms with Crippen molar-refractivity contribution in [3.8, 4) is 0 Å². The van der Waals surface area contributed by atoms with Gasteiger partial charge >= 0.3 is 0 Å². The topological polar surface area (TPSA) is 20.2 Å². The first-order chi connectivity index (χ1) is 11.9. The summed E-state index contributed by atoms with van der Waals surface area (Å²) in [4.78, 5) is 0. The van der Waals surface area contributed by atoms with Gasteiger partial charge in [-0.2, -0.15) is 0 Å². The molecule has 0 spiro atoms. The summed E-state index contributed by atoms with van der Waals surface area (Å²) in [5.41, 5.74) is 3.74. The van der Waals surface area contributed by atoms with Crippen molar-refractivity contribution in [3.05, 3.63) is 108 Å². The van der Waals surface area contributed by atoms with Gasteiger partial charge in [-0.1, -0.05) is 113 Å². The van der Waals surface area contributed by atoms with E-state index in [1.165, 1.54) is 16.7 Å². The van der Waals surface area contributed by atoms with E-state index in [1.54, 1.807) is 10.8 Å². The molecule has 122 valence electrons. The number of hydrogen-bond donors (Lipinski definition) is 1. The number of aliphatic hydroxyl groups is 1. The maximum atomic E-state index is 9.24. The molecule has 1 N–H and O–H groups in total. The highest BCUT2D eigenvalue weighted by Crippen LogP contribution is 2.53. The van der Waals surface area contributed by atoms with E-state index in [0.29, 0.717) is 5.75 Å². The predicted molar refractivity (Wildman–Crippen MR) is 106 cm³/mol. The van der Waals surface area contributed by atoms with Crippen molar-refractivity contribution < 1.29 is 5.11 Å². The van der Waals surface area contributed by atoms with E-state index in [9.17, 15) is 5.11 Å². The molecule has 0 aliphatic rings. The van der Waals surface area contributed by atoms with Crippen LogP contribution in [0.5, 0.6) is 0 Å². The molecule has 0 amide bonds. The van der Waals surface area contributed by atoms with E-state index in [1.807, 2.05) is 10.8 Å². The van der Waals surface area contributed by atoms with E-state index in [0.717, 1.165) is 0 Å². The zero-order valence-corrected chi connectivity index (χ0v) is 15.0. The second kappa shape index (κ2) is 8.43. The Morgan fingerprint density at radius 2 is 1.00 bits per heavy atom.